The SMILES string of the molecule is CC1CCCC(NN)C1.[Cl-].[H+]. The molecule has 1 aliphatic carbocycles. The largest absolute Gasteiger partial charge is 1.00 e. The van der Waals surface area contributed by atoms with Crippen molar-refractivity contribution in [2.45, 2.75) is 38.6 Å². The van der Waals surface area contributed by atoms with Crippen molar-refractivity contribution in [3.05, 3.63) is 0 Å². The summed E-state index contributed by atoms with van der Waals surface area (Å²) < 4.78 is 0. The van der Waals surface area contributed by atoms with Gasteiger partial charge in [0.15, 0.2) is 0 Å². The van der Waals surface area contributed by atoms with Gasteiger partial charge in [-0.3, -0.25) is 11.3 Å². The second-order valence-corrected chi connectivity index (χ2v) is 3.14. The normalized spacial score (nSPS) is 33.0. The molecule has 0 amide bonds. The fraction of sp³-hybridized carbons (Fsp3) is 1.00. The molecule has 0 aromatic heterocycles. The Bertz CT molecular complexity index is 92.5. The first-order valence-electron chi connectivity index (χ1n) is 3.79. The maximum Gasteiger partial charge on any atom is 1.00 e. The van der Waals surface area contributed by atoms with Crippen LogP contribution in [0.1, 0.15) is 34.0 Å². The van der Waals surface area contributed by atoms with Crippen molar-refractivity contribution in [3.63, 3.8) is 0 Å². The van der Waals surface area contributed by atoms with Gasteiger partial charge < -0.3 is 12.4 Å². The van der Waals surface area contributed by atoms with Crippen LogP contribution in [0.5, 0.6) is 0 Å². The molecule has 62 valence electrons. The maximum atomic E-state index is 5.32. The standard InChI is InChI=1S/C7H16N2.ClH/c1-6-3-2-4-7(5-6)9-8;/h6-7,9H,2-5,8H2,1H3;1H. The monoisotopic (exact) mass is 164 g/mol. The quantitative estimate of drug-likeness (QED) is 0.353. The van der Waals surface area contributed by atoms with E-state index in [1.54, 1.807) is 0 Å². The average molecular weight is 165 g/mol. The third-order valence-corrected chi connectivity index (χ3v) is 2.17. The Kier molecular flexibility index (Phi) is 5.04. The van der Waals surface area contributed by atoms with Gasteiger partial charge in [-0.25, -0.2) is 0 Å². The minimum Gasteiger partial charge on any atom is -1.00 e. The van der Waals surface area contributed by atoms with Crippen molar-refractivity contribution in [3.8, 4) is 0 Å². The Labute approximate surface area is 70.4 Å². The van der Waals surface area contributed by atoms with Crippen LogP contribution in [0.15, 0.2) is 0 Å². The van der Waals surface area contributed by atoms with Gasteiger partial charge in [-0.1, -0.05) is 19.8 Å². The molecular weight excluding hydrogens is 148 g/mol. The van der Waals surface area contributed by atoms with E-state index in [9.17, 15) is 0 Å². The molecule has 1 rings (SSSR count). The van der Waals surface area contributed by atoms with E-state index in [-0.39, 0.29) is 13.8 Å². The second kappa shape index (κ2) is 4.94. The van der Waals surface area contributed by atoms with Crippen molar-refractivity contribution in [2.24, 2.45) is 11.8 Å². The summed E-state index contributed by atoms with van der Waals surface area (Å²) in [7, 11) is 0. The number of nitrogens with one attached hydrogen (secondary N) is 1. The minimum absolute atomic E-state index is 0. The number of nitrogens with two attached hydrogens (primary N) is 1. The summed E-state index contributed by atoms with van der Waals surface area (Å²) in [5, 5.41) is 0. The van der Waals surface area contributed by atoms with Gasteiger partial charge in [0.1, 0.15) is 0 Å². The lowest BCUT2D eigenvalue weighted by molar-refractivity contribution is -0.00000228. The number of rotatable bonds is 1. The lowest BCUT2D eigenvalue weighted by Gasteiger charge is -2.25. The molecule has 0 bridgehead atoms. The summed E-state index contributed by atoms with van der Waals surface area (Å²) in [6.07, 6.45) is 5.26. The predicted molar refractivity (Wildman–Crippen MR) is 39.9 cm³/mol. The van der Waals surface area contributed by atoms with Crippen LogP contribution in [0, 0.1) is 5.92 Å². The van der Waals surface area contributed by atoms with Gasteiger partial charge in [-0.15, -0.1) is 0 Å². The summed E-state index contributed by atoms with van der Waals surface area (Å²) in [6, 6.07) is 0.591. The summed E-state index contributed by atoms with van der Waals surface area (Å²) in [6.45, 7) is 2.30. The second-order valence-electron chi connectivity index (χ2n) is 3.14. The lowest BCUT2D eigenvalue weighted by Crippen LogP contribution is -3.00. The summed E-state index contributed by atoms with van der Waals surface area (Å²) in [5.74, 6) is 6.19. The summed E-state index contributed by atoms with van der Waals surface area (Å²) >= 11 is 0. The predicted octanol–water partition coefficient (Wildman–Crippen LogP) is -1.86. The van der Waals surface area contributed by atoms with E-state index in [4.69, 9.17) is 5.84 Å². The van der Waals surface area contributed by atoms with Gasteiger partial charge in [0, 0.05) is 6.04 Å². The third-order valence-electron chi connectivity index (χ3n) is 2.17. The molecule has 0 saturated heterocycles. The fourth-order valence-corrected chi connectivity index (χ4v) is 1.59. The molecule has 10 heavy (non-hydrogen) atoms. The highest BCUT2D eigenvalue weighted by atomic mass is 35.5. The average Bonchev–Trinajstić information content (AvgIpc) is 1.88. The lowest BCUT2D eigenvalue weighted by atomic mass is 9.87. The van der Waals surface area contributed by atoms with Gasteiger partial charge in [0.25, 0.3) is 0 Å². The number of hydrogen-bond acceptors (Lipinski definition) is 2. The molecule has 0 spiro atoms. The number of halogens is 1. The van der Waals surface area contributed by atoms with E-state index in [0.717, 1.165) is 5.92 Å². The zero-order valence-electron chi connectivity index (χ0n) is 7.44. The highest BCUT2D eigenvalue weighted by Gasteiger charge is 2.16. The van der Waals surface area contributed by atoms with Crippen molar-refractivity contribution in [1.82, 2.24) is 5.43 Å². The molecule has 1 fully saturated rings. The Morgan fingerprint density at radius 2 is 2.20 bits per heavy atom. The molecule has 1 saturated carbocycles. The molecule has 2 atom stereocenters. The topological polar surface area (TPSA) is 38.0 Å². The summed E-state index contributed by atoms with van der Waals surface area (Å²) in [4.78, 5) is 0. The highest BCUT2D eigenvalue weighted by molar-refractivity contribution is 4.73. The van der Waals surface area contributed by atoms with Crippen molar-refractivity contribution < 1.29 is 13.8 Å². The van der Waals surface area contributed by atoms with E-state index in [1.807, 2.05) is 0 Å². The molecule has 0 aliphatic heterocycles. The first-order chi connectivity index (χ1) is 4.33. The molecule has 2 unspecified atom stereocenters. The molecule has 3 heteroatoms. The molecule has 0 aromatic rings. The first kappa shape index (κ1) is 10.2. The van der Waals surface area contributed by atoms with Crippen LogP contribution in [-0.4, -0.2) is 6.04 Å². The fourth-order valence-electron chi connectivity index (χ4n) is 1.59. The Morgan fingerprint density at radius 3 is 2.60 bits per heavy atom. The van der Waals surface area contributed by atoms with Crippen LogP contribution >= 0.6 is 0 Å². The van der Waals surface area contributed by atoms with Crippen LogP contribution in [0.3, 0.4) is 0 Å². The van der Waals surface area contributed by atoms with E-state index in [2.05, 4.69) is 12.3 Å². The maximum absolute atomic E-state index is 5.32. The summed E-state index contributed by atoms with van der Waals surface area (Å²) in [5.41, 5.74) is 2.83. The van der Waals surface area contributed by atoms with Gasteiger partial charge >= 0.3 is 1.43 Å². The van der Waals surface area contributed by atoms with Crippen LogP contribution in [0.25, 0.3) is 0 Å². The zero-order chi connectivity index (χ0) is 6.69. The van der Waals surface area contributed by atoms with Gasteiger partial charge in [-0.05, 0) is 18.8 Å². The smallest absolute Gasteiger partial charge is 1.00 e. The van der Waals surface area contributed by atoms with Crippen LogP contribution in [-0.2, 0) is 0 Å². The third kappa shape index (κ3) is 2.86. The molecule has 2 nitrogen and oxygen atoms in total. The first-order valence-corrected chi connectivity index (χ1v) is 3.79. The molecule has 1 aliphatic rings. The molecule has 3 N–H and O–H groups in total. The van der Waals surface area contributed by atoms with Crippen LogP contribution in [0.4, 0.5) is 0 Å². The highest BCUT2D eigenvalue weighted by Crippen LogP contribution is 2.22. The van der Waals surface area contributed by atoms with Gasteiger partial charge in [0.05, 0.1) is 0 Å². The van der Waals surface area contributed by atoms with Crippen molar-refractivity contribution in [1.29, 1.82) is 0 Å². The van der Waals surface area contributed by atoms with Gasteiger partial charge in [0.2, 0.25) is 0 Å². The van der Waals surface area contributed by atoms with Gasteiger partial charge in [-0.2, -0.15) is 0 Å². The Hall–Kier alpha value is 0.210. The zero-order valence-corrected chi connectivity index (χ0v) is 7.19. The van der Waals surface area contributed by atoms with E-state index >= 15 is 0 Å². The molecule has 0 radical (unpaired) electrons. The van der Waals surface area contributed by atoms with Crippen LogP contribution < -0.4 is 23.7 Å². The molecular formula is C7H17ClN2. The van der Waals surface area contributed by atoms with E-state index in [0.29, 0.717) is 6.04 Å². The molecule has 0 aromatic carbocycles. The van der Waals surface area contributed by atoms with Crippen LogP contribution in [0.2, 0.25) is 0 Å². The van der Waals surface area contributed by atoms with E-state index < -0.39 is 0 Å². The van der Waals surface area contributed by atoms with E-state index in [1.165, 1.54) is 25.7 Å². The van der Waals surface area contributed by atoms with Crippen molar-refractivity contribution in [2.75, 3.05) is 0 Å². The number of hydrogen-bond donors (Lipinski definition) is 2. The molecule has 0 heterocycles. The Balaban J connectivity index is 0. The number of hydrazine groups is 1. The minimum atomic E-state index is 0. The Morgan fingerprint density at radius 1 is 1.50 bits per heavy atom. The van der Waals surface area contributed by atoms with Crippen molar-refractivity contribution >= 4 is 0 Å².